The minimum atomic E-state index is -4.89. The zero-order chi connectivity index (χ0) is 48.3. The maximum absolute atomic E-state index is 12.7. The minimum Gasteiger partial charge on any atom is -0.462 e. The normalized spacial score (nSPS) is 15.5. The van der Waals surface area contributed by atoms with E-state index in [4.69, 9.17) is 23.8 Å². The topological polar surface area (TPSA) is 216 Å². The molecule has 0 amide bonds. The number of ether oxygens (including phenoxy) is 2. The zero-order valence-corrected chi connectivity index (χ0v) is 41.6. The molecule has 0 saturated heterocycles. The van der Waals surface area contributed by atoms with Gasteiger partial charge < -0.3 is 34.4 Å². The van der Waals surface area contributed by atoms with Crippen molar-refractivity contribution in [2.45, 2.75) is 193 Å². The Morgan fingerprint density at radius 3 is 1.66 bits per heavy atom. The van der Waals surface area contributed by atoms with Crippen LogP contribution in [0.3, 0.4) is 0 Å². The van der Waals surface area contributed by atoms with Crippen LogP contribution in [0.25, 0.3) is 0 Å². The lowest BCUT2D eigenvalue weighted by molar-refractivity contribution is -0.161. The number of unbranched alkanes of at least 4 members (excludes halogenated alkanes) is 13. The molecule has 376 valence electrons. The van der Waals surface area contributed by atoms with Crippen molar-refractivity contribution in [2.75, 3.05) is 26.4 Å². The third kappa shape index (κ3) is 46.4. The molecule has 3 unspecified atom stereocenters. The van der Waals surface area contributed by atoms with Crippen LogP contribution in [0.15, 0.2) is 72.9 Å². The van der Waals surface area contributed by atoms with Crippen LogP contribution in [-0.2, 0) is 41.8 Å². The van der Waals surface area contributed by atoms with Crippen molar-refractivity contribution in [3.63, 3.8) is 0 Å². The molecule has 0 spiro atoms. The first-order chi connectivity index (χ1) is 31.2. The van der Waals surface area contributed by atoms with E-state index in [1.165, 1.54) is 70.6 Å². The van der Waals surface area contributed by atoms with Crippen LogP contribution in [0.2, 0.25) is 0 Å². The summed E-state index contributed by atoms with van der Waals surface area (Å²) in [6.45, 7) is 3.82. The summed E-state index contributed by atoms with van der Waals surface area (Å²) in [5.74, 6) is -0.362. The lowest BCUT2D eigenvalue weighted by Crippen LogP contribution is -2.29. The Labute approximate surface area is 391 Å². The van der Waals surface area contributed by atoms with Crippen molar-refractivity contribution < 1.29 is 66.7 Å². The summed E-state index contributed by atoms with van der Waals surface area (Å²) in [4.78, 5) is 52.8. The van der Waals surface area contributed by atoms with Gasteiger partial charge in [-0.3, -0.25) is 23.2 Å². The van der Waals surface area contributed by atoms with Crippen LogP contribution in [0.1, 0.15) is 175 Å². The highest BCUT2D eigenvalue weighted by molar-refractivity contribution is 7.47. The Morgan fingerprint density at radius 1 is 0.569 bits per heavy atom. The number of hydrogen-bond donors (Lipinski definition) is 5. The fraction of sp³-hybridized carbons (Fsp3) is 0.714. The van der Waals surface area contributed by atoms with Crippen LogP contribution in [0, 0.1) is 5.92 Å². The van der Waals surface area contributed by atoms with Crippen molar-refractivity contribution in [1.82, 2.24) is 0 Å². The van der Waals surface area contributed by atoms with Crippen LogP contribution in [0.5, 0.6) is 0 Å². The highest BCUT2D eigenvalue weighted by atomic mass is 31.2. The number of hydrogen-bond acceptors (Lipinski definition) is 11. The molecule has 0 aliphatic rings. The number of phosphoric ester groups is 2. The molecule has 5 atom stereocenters. The van der Waals surface area contributed by atoms with E-state index in [0.29, 0.717) is 19.3 Å². The summed E-state index contributed by atoms with van der Waals surface area (Å²) in [6.07, 6.45) is 43.5. The maximum atomic E-state index is 12.7. The van der Waals surface area contributed by atoms with Crippen LogP contribution < -0.4 is 0 Å². The average Bonchev–Trinajstić information content (AvgIpc) is 3.26. The Hall–Kier alpha value is -2.48. The predicted molar refractivity (Wildman–Crippen MR) is 259 cm³/mol. The van der Waals surface area contributed by atoms with Gasteiger partial charge >= 0.3 is 27.6 Å². The van der Waals surface area contributed by atoms with Gasteiger partial charge in [0.25, 0.3) is 0 Å². The van der Waals surface area contributed by atoms with Crippen molar-refractivity contribution in [2.24, 2.45) is 5.92 Å². The van der Waals surface area contributed by atoms with E-state index in [2.05, 4.69) is 66.3 Å². The van der Waals surface area contributed by atoms with Crippen LogP contribution in [-0.4, -0.2) is 81.6 Å². The molecule has 0 rings (SSSR count). The minimum absolute atomic E-state index is 0.0131. The molecular weight excluding hydrogens is 874 g/mol. The molecule has 0 bridgehead atoms. The zero-order valence-electron chi connectivity index (χ0n) is 39.8. The van der Waals surface area contributed by atoms with Gasteiger partial charge in [-0.05, 0) is 50.9 Å². The van der Waals surface area contributed by atoms with Gasteiger partial charge in [-0.15, -0.1) is 0 Å². The van der Waals surface area contributed by atoms with Crippen molar-refractivity contribution in [1.29, 1.82) is 0 Å². The first-order valence-corrected chi connectivity index (χ1v) is 27.2. The van der Waals surface area contributed by atoms with Crippen molar-refractivity contribution >= 4 is 27.6 Å². The Bertz CT molecular complexity index is 1450. The smallest absolute Gasteiger partial charge is 0.462 e. The number of aliphatic hydroxyl groups excluding tert-OH is 2. The van der Waals surface area contributed by atoms with E-state index in [9.17, 15) is 33.8 Å². The second kappa shape index (κ2) is 42.8. The summed E-state index contributed by atoms with van der Waals surface area (Å²) >= 11 is 0. The molecule has 0 aliphatic heterocycles. The summed E-state index contributed by atoms with van der Waals surface area (Å²) in [6, 6.07) is 0. The molecule has 0 aromatic rings. The molecular formula is C49H86O14P2. The second-order valence-electron chi connectivity index (χ2n) is 16.5. The summed E-state index contributed by atoms with van der Waals surface area (Å²) in [5.41, 5.74) is 0. The summed E-state index contributed by atoms with van der Waals surface area (Å²) in [5, 5.41) is 20.0. The van der Waals surface area contributed by atoms with E-state index < -0.39 is 72.3 Å². The number of carbonyl (C=O) groups excluding carboxylic acids is 2. The van der Waals surface area contributed by atoms with Gasteiger partial charge in [-0.2, -0.15) is 0 Å². The molecule has 0 aromatic carbocycles. The number of esters is 2. The van der Waals surface area contributed by atoms with E-state index in [0.717, 1.165) is 57.3 Å². The molecule has 14 nitrogen and oxygen atoms in total. The van der Waals surface area contributed by atoms with Gasteiger partial charge in [0, 0.05) is 12.8 Å². The molecule has 16 heteroatoms. The Kier molecular flexibility index (Phi) is 41.2. The standard InChI is InChI=1S/C49H86O14P2/c1-4-6-7-8-9-10-11-14-18-21-24-27-31-36-45(50)37-32-29-34-38-48(52)59-42-47(43-62-65(57,58)61-41-46(51)40-60-64(54,55)56)63-49(53)39-33-28-25-22-19-16-13-12-15-17-20-23-26-30-35-44(3)5-2/h6-7,9-10,14,18,24,27,29,31-32,36,44-47,50-51H,4-5,8,11-13,15-17,19-23,25-26,28,30,33-35,37-43H2,1-3H3,(H,57,58)(H2,54,55,56)/b7-6-,10-9-,18-14-,27-24-,32-29-,36-31-/t44?,45?,46-,47+/m0/s1. The van der Waals surface area contributed by atoms with Crippen molar-refractivity contribution in [3.8, 4) is 0 Å². The van der Waals surface area contributed by atoms with Gasteiger partial charge in [0.1, 0.15) is 12.7 Å². The highest BCUT2D eigenvalue weighted by Crippen LogP contribution is 2.43. The van der Waals surface area contributed by atoms with E-state index in [1.54, 1.807) is 24.3 Å². The van der Waals surface area contributed by atoms with Crippen LogP contribution >= 0.6 is 15.6 Å². The van der Waals surface area contributed by atoms with Gasteiger partial charge in [0.2, 0.25) is 0 Å². The number of carbonyl (C=O) groups is 2. The predicted octanol–water partition coefficient (Wildman–Crippen LogP) is 11.8. The SMILES string of the molecule is CC/C=C\C/C=C\C/C=C\C/C=C\C=C/C(O)C/C=C\CCC(=O)OC[C@H](COP(=O)(O)OC[C@@H](O)COP(=O)(O)O)OC(=O)CCCCCCCCCCCCCCCCC(C)CC. The maximum Gasteiger partial charge on any atom is 0.472 e. The van der Waals surface area contributed by atoms with Crippen LogP contribution in [0.4, 0.5) is 0 Å². The molecule has 0 aromatic heterocycles. The highest BCUT2D eigenvalue weighted by Gasteiger charge is 2.28. The largest absolute Gasteiger partial charge is 0.472 e. The van der Waals surface area contributed by atoms with Gasteiger partial charge in [0.15, 0.2) is 6.10 Å². The van der Waals surface area contributed by atoms with E-state index >= 15 is 0 Å². The third-order valence-electron chi connectivity index (χ3n) is 10.2. The first kappa shape index (κ1) is 62.5. The number of allylic oxidation sites excluding steroid dienone is 10. The molecule has 0 fully saturated rings. The van der Waals surface area contributed by atoms with Gasteiger partial charge in [-0.25, -0.2) is 9.13 Å². The molecule has 0 heterocycles. The van der Waals surface area contributed by atoms with Gasteiger partial charge in [0.05, 0.1) is 25.9 Å². The average molecular weight is 961 g/mol. The van der Waals surface area contributed by atoms with Crippen molar-refractivity contribution in [3.05, 3.63) is 72.9 Å². The Morgan fingerprint density at radius 2 is 1.09 bits per heavy atom. The number of aliphatic hydroxyl groups is 2. The fourth-order valence-electron chi connectivity index (χ4n) is 6.20. The summed E-state index contributed by atoms with van der Waals surface area (Å²) in [7, 11) is -9.74. The fourth-order valence-corrected chi connectivity index (χ4v) is 7.35. The molecule has 0 radical (unpaired) electrons. The number of phosphoric acid groups is 2. The first-order valence-electron chi connectivity index (χ1n) is 24.1. The Balaban J connectivity index is 4.65. The van der Waals surface area contributed by atoms with E-state index in [1.807, 2.05) is 12.2 Å². The lowest BCUT2D eigenvalue weighted by Gasteiger charge is -2.20. The molecule has 0 aliphatic carbocycles. The number of rotatable bonds is 44. The van der Waals surface area contributed by atoms with Gasteiger partial charge in [-0.1, -0.05) is 190 Å². The molecule has 5 N–H and O–H groups in total. The quantitative estimate of drug-likeness (QED) is 0.0126. The third-order valence-corrected chi connectivity index (χ3v) is 11.7. The second-order valence-corrected chi connectivity index (χ2v) is 19.1. The lowest BCUT2D eigenvalue weighted by atomic mass is 9.99. The molecule has 0 saturated carbocycles. The molecule has 65 heavy (non-hydrogen) atoms. The summed E-state index contributed by atoms with van der Waals surface area (Å²) < 4.78 is 47.8. The monoisotopic (exact) mass is 961 g/mol. The van der Waals surface area contributed by atoms with E-state index in [-0.39, 0.29) is 12.8 Å².